The van der Waals surface area contributed by atoms with Crippen molar-refractivity contribution in [3.05, 3.63) is 0 Å². The third-order valence-corrected chi connectivity index (χ3v) is 3.96. The van der Waals surface area contributed by atoms with Gasteiger partial charge in [0.05, 0.1) is 0 Å². The fraction of sp³-hybridized carbons (Fsp3) is 1.00. The average molecular weight is 193 g/mol. The number of ether oxygens (including phenoxy) is 2. The molecule has 9 heavy (non-hydrogen) atoms. The van der Waals surface area contributed by atoms with Crippen molar-refractivity contribution < 1.29 is 9.47 Å². The molecule has 2 rings (SSSR count). The third-order valence-electron chi connectivity index (χ3n) is 1.41. The Morgan fingerprint density at radius 3 is 1.89 bits per heavy atom. The van der Waals surface area contributed by atoms with Crippen molar-refractivity contribution in [1.29, 1.82) is 0 Å². The monoisotopic (exact) mass is 194 g/mol. The van der Waals surface area contributed by atoms with Crippen LogP contribution in [-0.4, -0.2) is 40.4 Å². The van der Waals surface area contributed by atoms with E-state index in [0.717, 1.165) is 28.2 Å². The van der Waals surface area contributed by atoms with E-state index in [9.17, 15) is 0 Å². The number of hydrogen-bond donors (Lipinski definition) is 0. The number of epoxide rings is 2. The zero-order valence-electron chi connectivity index (χ0n) is 5.21. The zero-order chi connectivity index (χ0) is 6.10. The van der Waals surface area contributed by atoms with Crippen LogP contribution in [0.25, 0.3) is 0 Å². The van der Waals surface area contributed by atoms with Gasteiger partial charge in [-0.15, -0.1) is 0 Å². The van der Waals surface area contributed by atoms with Gasteiger partial charge < -0.3 is 0 Å². The van der Waals surface area contributed by atoms with E-state index in [2.05, 4.69) is 0 Å². The molecule has 2 aliphatic rings. The normalized spacial score (nSPS) is 38.7. The van der Waals surface area contributed by atoms with E-state index < -0.39 is 0 Å². The van der Waals surface area contributed by atoms with Gasteiger partial charge in [0, 0.05) is 0 Å². The molecule has 0 aromatic heterocycles. The fourth-order valence-electron chi connectivity index (χ4n) is 0.659. The molecule has 2 unspecified atom stereocenters. The number of hydrogen-bond acceptors (Lipinski definition) is 2. The molecule has 0 aliphatic carbocycles. The van der Waals surface area contributed by atoms with Gasteiger partial charge in [0.15, 0.2) is 0 Å². The van der Waals surface area contributed by atoms with Crippen LogP contribution >= 0.6 is 0 Å². The Morgan fingerprint density at radius 2 is 1.56 bits per heavy atom. The SMILES string of the molecule is C1OC1C[Se]CC1CO1. The summed E-state index contributed by atoms with van der Waals surface area (Å²) in [5, 5.41) is 2.62. The van der Waals surface area contributed by atoms with Crippen molar-refractivity contribution in [2.24, 2.45) is 0 Å². The van der Waals surface area contributed by atoms with Gasteiger partial charge in [0.2, 0.25) is 0 Å². The molecule has 0 saturated carbocycles. The summed E-state index contributed by atoms with van der Waals surface area (Å²) in [6.45, 7) is 2.04. The first-order valence-electron chi connectivity index (χ1n) is 3.26. The summed E-state index contributed by atoms with van der Waals surface area (Å²) in [5.74, 6) is 0. The van der Waals surface area contributed by atoms with Crippen molar-refractivity contribution in [3.63, 3.8) is 0 Å². The van der Waals surface area contributed by atoms with E-state index in [0.29, 0.717) is 12.2 Å². The summed E-state index contributed by atoms with van der Waals surface area (Å²) >= 11 is 0.794. The molecule has 2 heterocycles. The molecule has 2 fully saturated rings. The van der Waals surface area contributed by atoms with Crippen LogP contribution in [0.2, 0.25) is 10.6 Å². The first-order chi connectivity index (χ1) is 4.45. The van der Waals surface area contributed by atoms with E-state index in [1.165, 1.54) is 10.6 Å². The van der Waals surface area contributed by atoms with Gasteiger partial charge in [0.25, 0.3) is 0 Å². The van der Waals surface area contributed by atoms with Crippen LogP contribution in [0, 0.1) is 0 Å². The van der Waals surface area contributed by atoms with Crippen LogP contribution in [0.1, 0.15) is 0 Å². The zero-order valence-corrected chi connectivity index (χ0v) is 6.92. The molecule has 2 saturated heterocycles. The Bertz CT molecular complexity index is 87.2. The Kier molecular flexibility index (Phi) is 1.77. The Labute approximate surface area is 61.1 Å². The first-order valence-corrected chi connectivity index (χ1v) is 5.68. The topological polar surface area (TPSA) is 25.1 Å². The molecule has 2 nitrogen and oxygen atoms in total. The fourth-order valence-corrected chi connectivity index (χ4v) is 2.86. The summed E-state index contributed by atoms with van der Waals surface area (Å²) in [4.78, 5) is 0. The Hall–Kier alpha value is 0.439. The van der Waals surface area contributed by atoms with Crippen molar-refractivity contribution in [1.82, 2.24) is 0 Å². The summed E-state index contributed by atoms with van der Waals surface area (Å²) in [6, 6.07) is 0. The van der Waals surface area contributed by atoms with Crippen LogP contribution in [0.15, 0.2) is 0 Å². The third kappa shape index (κ3) is 2.26. The summed E-state index contributed by atoms with van der Waals surface area (Å²) in [7, 11) is 0. The molecular formula is C6H10O2Se. The van der Waals surface area contributed by atoms with Gasteiger partial charge in [-0.25, -0.2) is 0 Å². The second-order valence-electron chi connectivity index (χ2n) is 2.45. The van der Waals surface area contributed by atoms with Crippen LogP contribution in [0.3, 0.4) is 0 Å². The molecule has 3 heteroatoms. The van der Waals surface area contributed by atoms with E-state index in [1.54, 1.807) is 0 Å². The predicted octanol–water partition coefficient (Wildman–Crippen LogP) is 0.325. The minimum absolute atomic E-state index is 0.642. The molecule has 2 aliphatic heterocycles. The molecule has 0 spiro atoms. The molecular weight excluding hydrogens is 183 g/mol. The molecule has 0 aromatic rings. The molecule has 0 N–H and O–H groups in total. The van der Waals surface area contributed by atoms with Crippen molar-refractivity contribution in [3.8, 4) is 0 Å². The maximum absolute atomic E-state index is 5.09. The molecule has 0 bridgehead atoms. The molecule has 52 valence electrons. The van der Waals surface area contributed by atoms with E-state index in [-0.39, 0.29) is 0 Å². The molecule has 0 aromatic carbocycles. The van der Waals surface area contributed by atoms with Crippen LogP contribution < -0.4 is 0 Å². The minimum atomic E-state index is 0.642. The van der Waals surface area contributed by atoms with Crippen molar-refractivity contribution >= 4 is 15.0 Å². The van der Waals surface area contributed by atoms with Gasteiger partial charge >= 0.3 is 60.5 Å². The van der Waals surface area contributed by atoms with Gasteiger partial charge in [0.1, 0.15) is 0 Å². The second kappa shape index (κ2) is 2.59. The van der Waals surface area contributed by atoms with E-state index in [1.807, 2.05) is 0 Å². The van der Waals surface area contributed by atoms with Crippen LogP contribution in [-0.2, 0) is 9.47 Å². The van der Waals surface area contributed by atoms with Crippen LogP contribution in [0.4, 0.5) is 0 Å². The Morgan fingerprint density at radius 1 is 1.11 bits per heavy atom. The Balaban J connectivity index is 1.46. The molecule has 2 atom stereocenters. The standard InChI is InChI=1S/C6H10O2Se/c1-5(7-1)3-9-4-6-2-8-6/h5-6H,1-4H2. The number of rotatable bonds is 4. The maximum atomic E-state index is 5.09. The van der Waals surface area contributed by atoms with E-state index in [4.69, 9.17) is 9.47 Å². The first kappa shape index (κ1) is 6.17. The predicted molar refractivity (Wildman–Crippen MR) is 34.8 cm³/mol. The van der Waals surface area contributed by atoms with Gasteiger partial charge in [-0.2, -0.15) is 0 Å². The summed E-state index contributed by atoms with van der Waals surface area (Å²) < 4.78 is 10.2. The van der Waals surface area contributed by atoms with Gasteiger partial charge in [-0.3, -0.25) is 0 Å². The molecule has 0 radical (unpaired) electrons. The second-order valence-corrected chi connectivity index (χ2v) is 4.70. The van der Waals surface area contributed by atoms with Gasteiger partial charge in [-0.1, -0.05) is 0 Å². The quantitative estimate of drug-likeness (QED) is 0.474. The van der Waals surface area contributed by atoms with Crippen molar-refractivity contribution in [2.45, 2.75) is 22.8 Å². The average Bonchev–Trinajstić information content (AvgIpc) is 2.57. The van der Waals surface area contributed by atoms with Crippen molar-refractivity contribution in [2.75, 3.05) is 13.2 Å². The van der Waals surface area contributed by atoms with Crippen LogP contribution in [0.5, 0.6) is 0 Å². The van der Waals surface area contributed by atoms with E-state index >= 15 is 0 Å². The molecule has 0 amide bonds. The summed E-state index contributed by atoms with van der Waals surface area (Å²) in [6.07, 6.45) is 1.28. The van der Waals surface area contributed by atoms with Gasteiger partial charge in [-0.05, 0) is 0 Å². The summed E-state index contributed by atoms with van der Waals surface area (Å²) in [5.41, 5.74) is 0.